The molecule has 0 aromatic carbocycles. The summed E-state index contributed by atoms with van der Waals surface area (Å²) in [6.07, 6.45) is 4.11. The molecule has 0 aliphatic rings. The molecule has 0 saturated heterocycles. The molecule has 0 aliphatic heterocycles. The number of hydrogen-bond donors (Lipinski definition) is 4. The fourth-order valence-corrected chi connectivity index (χ4v) is 4.03. The van der Waals surface area contributed by atoms with Crippen molar-refractivity contribution in [1.29, 1.82) is 0 Å². The molecule has 0 atom stereocenters. The van der Waals surface area contributed by atoms with E-state index < -0.39 is 0 Å². The maximum absolute atomic E-state index is 12.4. The highest BCUT2D eigenvalue weighted by Crippen LogP contribution is 1.98. The monoisotopic (exact) mass is 574 g/mol. The first kappa shape index (κ1) is 38.2. The van der Waals surface area contributed by atoms with Gasteiger partial charge in [-0.1, -0.05) is 0 Å². The van der Waals surface area contributed by atoms with E-state index in [1.807, 2.05) is 0 Å². The fraction of sp³-hybridized carbons (Fsp3) is 0.897. The van der Waals surface area contributed by atoms with Gasteiger partial charge in [0.05, 0.1) is 83.1 Å². The van der Waals surface area contributed by atoms with Crippen molar-refractivity contribution in [2.24, 2.45) is 0 Å². The Balaban J connectivity index is 4.43. The van der Waals surface area contributed by atoms with Crippen molar-refractivity contribution in [3.63, 3.8) is 0 Å². The zero-order valence-electron chi connectivity index (χ0n) is 27.5. The Hall–Kier alpha value is -1.79. The van der Waals surface area contributed by atoms with Gasteiger partial charge in [0.2, 0.25) is 17.7 Å². The minimum Gasteiger partial charge on any atom is -0.356 e. The van der Waals surface area contributed by atoms with Crippen LogP contribution >= 0.6 is 0 Å². The SMILES string of the molecule is C[N+](C)(C)CCCNC(=O)CCNCCN(CCC(=O)NCCC[N+](C)(C)C)CCC(=O)NCCC[N+](C)(C)C. The molecular weight excluding hydrogens is 508 g/mol. The highest BCUT2D eigenvalue weighted by Gasteiger charge is 2.13. The number of nitrogens with one attached hydrogen (secondary N) is 4. The minimum absolute atomic E-state index is 0.0473. The predicted molar refractivity (Wildman–Crippen MR) is 165 cm³/mol. The van der Waals surface area contributed by atoms with E-state index in [9.17, 15) is 14.4 Å². The lowest BCUT2D eigenvalue weighted by atomic mass is 10.3. The van der Waals surface area contributed by atoms with Crippen LogP contribution in [0.2, 0.25) is 0 Å². The van der Waals surface area contributed by atoms with Crippen LogP contribution in [-0.4, -0.2) is 171 Å². The molecule has 3 amide bonds. The van der Waals surface area contributed by atoms with Crippen LogP contribution in [0.5, 0.6) is 0 Å². The molecule has 0 saturated carbocycles. The Kier molecular flexibility index (Phi) is 19.2. The Bertz CT molecular complexity index is 674. The first-order chi connectivity index (χ1) is 18.5. The molecule has 40 heavy (non-hydrogen) atoms. The van der Waals surface area contributed by atoms with E-state index in [1.54, 1.807) is 0 Å². The van der Waals surface area contributed by atoms with Crippen LogP contribution in [0.3, 0.4) is 0 Å². The van der Waals surface area contributed by atoms with Crippen molar-refractivity contribution in [2.75, 3.05) is 135 Å². The lowest BCUT2D eigenvalue weighted by Crippen LogP contribution is -2.40. The second-order valence-corrected chi connectivity index (χ2v) is 14.0. The molecule has 0 heterocycles. The van der Waals surface area contributed by atoms with Gasteiger partial charge in [-0.3, -0.25) is 14.4 Å². The standard InChI is InChI=1S/C29H62N8O3/c1-35(2,3)24-10-16-31-27(38)13-19-30-20-23-34(21-14-28(39)32-17-11-25-36(4,5)6)22-15-29(40)33-18-12-26-37(7,8)9/h30H,10-26H2,1-9H3/p+3. The number of nitrogens with zero attached hydrogens (tertiary/aromatic N) is 4. The van der Waals surface area contributed by atoms with Gasteiger partial charge >= 0.3 is 0 Å². The molecule has 0 bridgehead atoms. The molecule has 11 nitrogen and oxygen atoms in total. The quantitative estimate of drug-likeness (QED) is 0.0937. The van der Waals surface area contributed by atoms with Crippen molar-refractivity contribution in [3.05, 3.63) is 0 Å². The van der Waals surface area contributed by atoms with E-state index in [-0.39, 0.29) is 17.7 Å². The first-order valence-electron chi connectivity index (χ1n) is 15.1. The average Bonchev–Trinajstić information content (AvgIpc) is 2.81. The van der Waals surface area contributed by atoms with Gasteiger partial charge < -0.3 is 39.6 Å². The van der Waals surface area contributed by atoms with E-state index in [4.69, 9.17) is 0 Å². The number of quaternary nitrogens is 3. The zero-order valence-corrected chi connectivity index (χ0v) is 27.5. The summed E-state index contributed by atoms with van der Waals surface area (Å²) in [6, 6.07) is 0. The molecule has 0 radical (unpaired) electrons. The van der Waals surface area contributed by atoms with Crippen LogP contribution < -0.4 is 21.3 Å². The molecule has 236 valence electrons. The summed E-state index contributed by atoms with van der Waals surface area (Å²) in [4.78, 5) is 39.0. The molecule has 0 rings (SSSR count). The normalized spacial score (nSPS) is 12.4. The van der Waals surface area contributed by atoms with Crippen LogP contribution in [0.25, 0.3) is 0 Å². The second-order valence-electron chi connectivity index (χ2n) is 14.0. The number of hydrogen-bond acceptors (Lipinski definition) is 5. The van der Waals surface area contributed by atoms with Crippen molar-refractivity contribution in [2.45, 2.75) is 38.5 Å². The molecule has 4 N–H and O–H groups in total. The van der Waals surface area contributed by atoms with Crippen molar-refractivity contribution >= 4 is 17.7 Å². The summed E-state index contributed by atoms with van der Waals surface area (Å²) < 4.78 is 2.66. The third kappa shape index (κ3) is 27.8. The van der Waals surface area contributed by atoms with Crippen molar-refractivity contribution in [3.8, 4) is 0 Å². The highest BCUT2D eigenvalue weighted by atomic mass is 16.2. The molecule has 0 spiro atoms. The Morgan fingerprint density at radius 1 is 0.475 bits per heavy atom. The van der Waals surface area contributed by atoms with Gasteiger partial charge in [0, 0.05) is 90.9 Å². The van der Waals surface area contributed by atoms with Gasteiger partial charge in [-0.05, 0) is 0 Å². The smallest absolute Gasteiger partial charge is 0.221 e. The van der Waals surface area contributed by atoms with Gasteiger partial charge in [-0.25, -0.2) is 0 Å². The topological polar surface area (TPSA) is 103 Å². The second kappa shape index (κ2) is 20.1. The average molecular weight is 574 g/mol. The molecule has 11 heteroatoms. The lowest BCUT2D eigenvalue weighted by Gasteiger charge is -2.24. The number of carbonyl (C=O) groups is 3. The van der Waals surface area contributed by atoms with Gasteiger partial charge in [0.15, 0.2) is 0 Å². The van der Waals surface area contributed by atoms with Gasteiger partial charge in [0.1, 0.15) is 0 Å². The summed E-state index contributed by atoms with van der Waals surface area (Å²) in [6.45, 7) is 8.34. The summed E-state index contributed by atoms with van der Waals surface area (Å²) in [7, 11) is 19.3. The molecule has 0 aromatic rings. The number of amides is 3. The first-order valence-corrected chi connectivity index (χ1v) is 15.1. The van der Waals surface area contributed by atoms with Gasteiger partial charge in [-0.2, -0.15) is 0 Å². The van der Waals surface area contributed by atoms with Crippen LogP contribution in [0.4, 0.5) is 0 Å². The predicted octanol–water partition coefficient (Wildman–Crippen LogP) is -0.314. The minimum atomic E-state index is 0.0473. The van der Waals surface area contributed by atoms with E-state index in [1.165, 1.54) is 0 Å². The zero-order chi connectivity index (χ0) is 30.7. The lowest BCUT2D eigenvalue weighted by molar-refractivity contribution is -0.870. The molecular formula is C29H65N8O3+3. The van der Waals surface area contributed by atoms with E-state index >= 15 is 0 Å². The summed E-state index contributed by atoms with van der Waals surface area (Å²) in [5.74, 6) is 0.159. The van der Waals surface area contributed by atoms with Crippen LogP contribution in [0.1, 0.15) is 38.5 Å². The van der Waals surface area contributed by atoms with E-state index in [0.717, 1.165) is 52.3 Å². The summed E-state index contributed by atoms with van der Waals surface area (Å²) >= 11 is 0. The van der Waals surface area contributed by atoms with Crippen LogP contribution in [0, 0.1) is 0 Å². The molecule has 0 unspecified atom stereocenters. The number of rotatable bonds is 24. The Labute approximate surface area is 245 Å². The summed E-state index contributed by atoms with van der Waals surface area (Å²) in [5, 5.41) is 12.4. The molecule has 0 aromatic heterocycles. The summed E-state index contributed by atoms with van der Waals surface area (Å²) in [5.41, 5.74) is 0. The maximum Gasteiger partial charge on any atom is 0.221 e. The van der Waals surface area contributed by atoms with Gasteiger partial charge in [-0.15, -0.1) is 0 Å². The highest BCUT2D eigenvalue weighted by molar-refractivity contribution is 5.77. The van der Waals surface area contributed by atoms with Gasteiger partial charge in [0.25, 0.3) is 0 Å². The van der Waals surface area contributed by atoms with Crippen molar-refractivity contribution < 1.29 is 27.8 Å². The van der Waals surface area contributed by atoms with Crippen LogP contribution in [0.15, 0.2) is 0 Å². The number of carbonyl (C=O) groups excluding carboxylic acids is 3. The Morgan fingerprint density at radius 2 is 0.825 bits per heavy atom. The van der Waals surface area contributed by atoms with Crippen LogP contribution in [-0.2, 0) is 14.4 Å². The third-order valence-electron chi connectivity index (χ3n) is 6.43. The Morgan fingerprint density at radius 3 is 1.18 bits per heavy atom. The maximum atomic E-state index is 12.4. The largest absolute Gasteiger partial charge is 0.356 e. The molecule has 0 fully saturated rings. The van der Waals surface area contributed by atoms with Crippen molar-refractivity contribution in [1.82, 2.24) is 26.2 Å². The van der Waals surface area contributed by atoms with E-state index in [2.05, 4.69) is 89.6 Å². The van der Waals surface area contributed by atoms with E-state index in [0.29, 0.717) is 71.6 Å². The third-order valence-corrected chi connectivity index (χ3v) is 6.43. The fourth-order valence-electron chi connectivity index (χ4n) is 4.03. The molecule has 0 aliphatic carbocycles.